The standard InChI is InChI=1S/C31H43N3O5S2/c35-40(36,28-12-8-5-9-13-28)30-20-25-21-33(22-26(25)23-34(30)27-10-6-3-1-2-4-7-11-27)41(37,38)29-16-14-24(15-17-29)31-32-18-19-39-31/h5,8-9,12-17,25-27,30-32H,1-4,6-7,10-11,18-23H2. The molecular weight excluding hydrogens is 558 g/mol. The van der Waals surface area contributed by atoms with Crippen LogP contribution in [0.2, 0.25) is 0 Å². The van der Waals surface area contributed by atoms with Crippen molar-refractivity contribution in [3.8, 4) is 0 Å². The quantitative estimate of drug-likeness (QED) is 0.519. The van der Waals surface area contributed by atoms with E-state index >= 15 is 0 Å². The van der Waals surface area contributed by atoms with Gasteiger partial charge >= 0.3 is 0 Å². The van der Waals surface area contributed by atoms with Gasteiger partial charge in [-0.3, -0.25) is 10.2 Å². The molecule has 1 N–H and O–H groups in total. The van der Waals surface area contributed by atoms with Crippen molar-refractivity contribution in [3.05, 3.63) is 60.2 Å². The molecule has 6 rings (SSSR count). The van der Waals surface area contributed by atoms with Gasteiger partial charge in [0.25, 0.3) is 0 Å². The molecule has 4 fully saturated rings. The fourth-order valence-electron chi connectivity index (χ4n) is 7.35. The summed E-state index contributed by atoms with van der Waals surface area (Å²) in [5.41, 5.74) is 0.913. The van der Waals surface area contributed by atoms with Crippen molar-refractivity contribution >= 4 is 19.9 Å². The summed E-state index contributed by atoms with van der Waals surface area (Å²) in [4.78, 5) is 2.91. The van der Waals surface area contributed by atoms with Crippen molar-refractivity contribution in [2.45, 2.75) is 85.2 Å². The predicted molar refractivity (Wildman–Crippen MR) is 158 cm³/mol. The molecule has 3 aliphatic heterocycles. The first-order valence-electron chi connectivity index (χ1n) is 15.3. The Bertz CT molecular complexity index is 1370. The van der Waals surface area contributed by atoms with Gasteiger partial charge in [0.2, 0.25) is 10.0 Å². The second kappa shape index (κ2) is 12.4. The van der Waals surface area contributed by atoms with Gasteiger partial charge in [-0.2, -0.15) is 4.31 Å². The molecule has 4 unspecified atom stereocenters. The third-order valence-corrected chi connectivity index (χ3v) is 13.6. The molecule has 0 aromatic heterocycles. The molecule has 1 saturated carbocycles. The number of hydrogen-bond acceptors (Lipinski definition) is 7. The molecule has 3 heterocycles. The Labute approximate surface area is 245 Å². The maximum absolute atomic E-state index is 14.1. The highest BCUT2D eigenvalue weighted by Gasteiger charge is 2.49. The molecule has 3 saturated heterocycles. The Morgan fingerprint density at radius 1 is 0.732 bits per heavy atom. The van der Waals surface area contributed by atoms with E-state index in [9.17, 15) is 16.8 Å². The van der Waals surface area contributed by atoms with Crippen LogP contribution in [0.1, 0.15) is 69.6 Å². The summed E-state index contributed by atoms with van der Waals surface area (Å²) >= 11 is 0. The number of hydrogen-bond donors (Lipinski definition) is 1. The van der Waals surface area contributed by atoms with Crippen molar-refractivity contribution in [1.29, 1.82) is 0 Å². The first-order valence-corrected chi connectivity index (χ1v) is 18.3. The Kier molecular flexibility index (Phi) is 8.87. The largest absolute Gasteiger partial charge is 0.358 e. The van der Waals surface area contributed by atoms with Crippen molar-refractivity contribution in [3.63, 3.8) is 0 Å². The minimum absolute atomic E-state index is 0.0104. The lowest BCUT2D eigenvalue weighted by molar-refractivity contribution is 0.0712. The number of nitrogens with zero attached hydrogens (tertiary/aromatic N) is 2. The molecule has 0 bridgehead atoms. The zero-order chi connectivity index (χ0) is 28.5. The van der Waals surface area contributed by atoms with Crippen LogP contribution >= 0.6 is 0 Å². The van der Waals surface area contributed by atoms with Gasteiger partial charge in [0.1, 0.15) is 11.6 Å². The van der Waals surface area contributed by atoms with Crippen molar-refractivity contribution < 1.29 is 21.6 Å². The number of ether oxygens (including phenoxy) is 1. The van der Waals surface area contributed by atoms with Crippen LogP contribution in [-0.4, -0.2) is 70.2 Å². The molecule has 4 atom stereocenters. The summed E-state index contributed by atoms with van der Waals surface area (Å²) in [6, 6.07) is 16.0. The highest BCUT2D eigenvalue weighted by molar-refractivity contribution is 7.92. The maximum atomic E-state index is 14.1. The molecule has 10 heteroatoms. The van der Waals surface area contributed by atoms with Gasteiger partial charge in [0, 0.05) is 32.2 Å². The molecule has 8 nitrogen and oxygen atoms in total. The van der Waals surface area contributed by atoms with Crippen molar-refractivity contribution in [2.75, 3.05) is 32.8 Å². The number of benzene rings is 2. The minimum atomic E-state index is -3.70. The van der Waals surface area contributed by atoms with Crippen LogP contribution < -0.4 is 5.32 Å². The number of sulfone groups is 1. The first kappa shape index (κ1) is 29.3. The van der Waals surface area contributed by atoms with Gasteiger partial charge < -0.3 is 4.74 Å². The SMILES string of the molecule is O=S(=O)(c1ccccc1)C1CC2CN(S(=O)(=O)c3ccc(C4NCCO4)cc3)CC2CN1C1CCCCCCCC1. The smallest absolute Gasteiger partial charge is 0.243 e. The lowest BCUT2D eigenvalue weighted by Crippen LogP contribution is -2.54. The van der Waals surface area contributed by atoms with Crippen LogP contribution in [-0.2, 0) is 24.6 Å². The highest BCUT2D eigenvalue weighted by atomic mass is 32.2. The number of rotatable bonds is 6. The van der Waals surface area contributed by atoms with Gasteiger partial charge in [-0.1, -0.05) is 68.9 Å². The van der Waals surface area contributed by atoms with E-state index in [-0.39, 0.29) is 29.0 Å². The predicted octanol–water partition coefficient (Wildman–Crippen LogP) is 4.55. The second-order valence-electron chi connectivity index (χ2n) is 12.2. The van der Waals surface area contributed by atoms with E-state index in [2.05, 4.69) is 10.2 Å². The van der Waals surface area contributed by atoms with Crippen LogP contribution in [0.25, 0.3) is 0 Å². The van der Waals surface area contributed by atoms with Crippen LogP contribution in [0.3, 0.4) is 0 Å². The third kappa shape index (κ3) is 6.15. The molecule has 0 amide bonds. The summed E-state index contributed by atoms with van der Waals surface area (Å²) in [7, 11) is -7.30. The lowest BCUT2D eigenvalue weighted by atomic mass is 9.86. The van der Waals surface area contributed by atoms with Gasteiger partial charge in [-0.05, 0) is 60.9 Å². The highest BCUT2D eigenvalue weighted by Crippen LogP contribution is 2.42. The first-order chi connectivity index (χ1) is 19.8. The van der Waals surface area contributed by atoms with Crippen LogP contribution in [0, 0.1) is 11.8 Å². The molecule has 0 spiro atoms. The monoisotopic (exact) mass is 601 g/mol. The van der Waals surface area contributed by atoms with E-state index in [0.29, 0.717) is 37.6 Å². The Hall–Kier alpha value is -1.82. The van der Waals surface area contributed by atoms with E-state index < -0.39 is 25.2 Å². The van der Waals surface area contributed by atoms with Crippen molar-refractivity contribution in [2.24, 2.45) is 11.8 Å². The van der Waals surface area contributed by atoms with E-state index in [1.807, 2.05) is 18.2 Å². The molecule has 2 aromatic carbocycles. The summed E-state index contributed by atoms with van der Waals surface area (Å²) < 4.78 is 63.0. The van der Waals surface area contributed by atoms with Crippen molar-refractivity contribution in [1.82, 2.24) is 14.5 Å². The summed E-state index contributed by atoms with van der Waals surface area (Å²) in [6.07, 6.45) is 9.40. The maximum Gasteiger partial charge on any atom is 0.243 e. The number of likely N-dealkylation sites (tertiary alicyclic amines) is 1. The summed E-state index contributed by atoms with van der Waals surface area (Å²) in [5, 5.41) is 2.63. The van der Waals surface area contributed by atoms with Gasteiger partial charge in [-0.25, -0.2) is 16.8 Å². The van der Waals surface area contributed by atoms with E-state index in [1.54, 1.807) is 40.7 Å². The number of piperidine rings is 1. The summed E-state index contributed by atoms with van der Waals surface area (Å²) in [5.74, 6) is 0.131. The second-order valence-corrected chi connectivity index (χ2v) is 16.3. The fourth-order valence-corrected chi connectivity index (χ4v) is 10.9. The molecule has 4 aliphatic rings. The fraction of sp³-hybridized carbons (Fsp3) is 0.613. The van der Waals surface area contributed by atoms with Gasteiger partial charge in [-0.15, -0.1) is 0 Å². The average molecular weight is 602 g/mol. The van der Waals surface area contributed by atoms with E-state index in [0.717, 1.165) is 37.8 Å². The zero-order valence-electron chi connectivity index (χ0n) is 23.7. The number of sulfonamides is 1. The Balaban J connectivity index is 1.25. The molecule has 224 valence electrons. The van der Waals surface area contributed by atoms with Gasteiger partial charge in [0.05, 0.1) is 16.4 Å². The Morgan fingerprint density at radius 3 is 2.05 bits per heavy atom. The average Bonchev–Trinajstić information content (AvgIpc) is 3.69. The molecule has 0 radical (unpaired) electrons. The van der Waals surface area contributed by atoms with Crippen LogP contribution in [0.5, 0.6) is 0 Å². The minimum Gasteiger partial charge on any atom is -0.358 e. The van der Waals surface area contributed by atoms with Crippen LogP contribution in [0.4, 0.5) is 0 Å². The third-order valence-electron chi connectivity index (χ3n) is 9.62. The van der Waals surface area contributed by atoms with Gasteiger partial charge in [0.15, 0.2) is 9.84 Å². The number of fused-ring (bicyclic) bond motifs is 1. The lowest BCUT2D eigenvalue weighted by Gasteiger charge is -2.45. The van der Waals surface area contributed by atoms with E-state index in [1.165, 1.54) is 25.7 Å². The molecular formula is C31H43N3O5S2. The summed E-state index contributed by atoms with van der Waals surface area (Å²) in [6.45, 7) is 2.84. The van der Waals surface area contributed by atoms with E-state index in [4.69, 9.17) is 4.74 Å². The Morgan fingerprint density at radius 2 is 1.39 bits per heavy atom. The molecule has 41 heavy (non-hydrogen) atoms. The van der Waals surface area contributed by atoms with Crippen LogP contribution in [0.15, 0.2) is 64.4 Å². The normalized spacial score (nSPS) is 29.5. The topological polar surface area (TPSA) is 96.0 Å². The zero-order valence-corrected chi connectivity index (χ0v) is 25.4. The molecule has 2 aromatic rings. The molecule has 1 aliphatic carbocycles. The number of nitrogens with one attached hydrogen (secondary N) is 1.